The highest BCUT2D eigenvalue weighted by Gasteiger charge is 2.06. The van der Waals surface area contributed by atoms with E-state index in [-0.39, 0.29) is 5.91 Å². The molecule has 80 valence electrons. The van der Waals surface area contributed by atoms with Crippen LogP contribution in [0, 0.1) is 19.3 Å². The molecule has 1 aromatic rings. The number of hydrogen-bond acceptors (Lipinski definition) is 2. The fourth-order valence-electron chi connectivity index (χ4n) is 1.20. The Kier molecular flexibility index (Phi) is 4.92. The van der Waals surface area contributed by atoms with Gasteiger partial charge in [-0.25, -0.2) is 0 Å². The molecule has 1 rings (SSSR count). The largest absolute Gasteiger partial charge is 0.351 e. The van der Waals surface area contributed by atoms with Crippen molar-refractivity contribution in [2.75, 3.05) is 6.54 Å². The third kappa shape index (κ3) is 4.18. The van der Waals surface area contributed by atoms with Gasteiger partial charge < -0.3 is 5.32 Å². The number of hydrogen-bond donors (Lipinski definition) is 1. The van der Waals surface area contributed by atoms with Gasteiger partial charge in [0.1, 0.15) is 0 Å². The summed E-state index contributed by atoms with van der Waals surface area (Å²) in [5.74, 6) is 2.60. The highest BCUT2D eigenvalue weighted by Crippen LogP contribution is 2.14. The quantitative estimate of drug-likeness (QED) is 0.601. The molecule has 1 amide bonds. The fraction of sp³-hybridized carbons (Fsp3) is 0.417. The first-order valence-electron chi connectivity index (χ1n) is 5.02. The topological polar surface area (TPSA) is 29.1 Å². The van der Waals surface area contributed by atoms with Gasteiger partial charge >= 0.3 is 0 Å². The summed E-state index contributed by atoms with van der Waals surface area (Å²) in [6.07, 6.45) is 7.83. The Morgan fingerprint density at radius 1 is 1.53 bits per heavy atom. The molecule has 2 nitrogen and oxygen atoms in total. The number of carbonyl (C=O) groups excluding carboxylic acids is 1. The van der Waals surface area contributed by atoms with Gasteiger partial charge in [0.25, 0.3) is 5.91 Å². The molecule has 0 aliphatic rings. The summed E-state index contributed by atoms with van der Waals surface area (Å²) in [7, 11) is 0. The van der Waals surface area contributed by atoms with Gasteiger partial charge in [0.05, 0.1) is 4.88 Å². The highest BCUT2D eigenvalue weighted by molar-refractivity contribution is 7.13. The van der Waals surface area contributed by atoms with Crippen LogP contribution in [0.25, 0.3) is 0 Å². The Morgan fingerprint density at radius 2 is 2.33 bits per heavy atom. The Hall–Kier alpha value is -1.27. The van der Waals surface area contributed by atoms with Gasteiger partial charge in [-0.1, -0.05) is 0 Å². The van der Waals surface area contributed by atoms with Crippen molar-refractivity contribution in [3.8, 4) is 12.3 Å². The van der Waals surface area contributed by atoms with Gasteiger partial charge in [-0.2, -0.15) is 0 Å². The average Bonchev–Trinajstić information content (AvgIpc) is 2.64. The maximum Gasteiger partial charge on any atom is 0.261 e. The van der Waals surface area contributed by atoms with Gasteiger partial charge in [-0.15, -0.1) is 23.7 Å². The number of rotatable bonds is 5. The van der Waals surface area contributed by atoms with Crippen LogP contribution in [0.1, 0.15) is 33.8 Å². The molecule has 0 spiro atoms. The second-order valence-electron chi connectivity index (χ2n) is 3.33. The second kappa shape index (κ2) is 6.26. The van der Waals surface area contributed by atoms with E-state index >= 15 is 0 Å². The Morgan fingerprint density at radius 3 is 2.93 bits per heavy atom. The molecule has 3 heteroatoms. The lowest BCUT2D eigenvalue weighted by Gasteiger charge is -2.01. The molecule has 0 aromatic carbocycles. The fourth-order valence-corrected chi connectivity index (χ4v) is 1.98. The zero-order valence-electron chi connectivity index (χ0n) is 8.88. The number of thiophene rings is 1. The third-order valence-corrected chi connectivity index (χ3v) is 3.00. The van der Waals surface area contributed by atoms with E-state index in [0.29, 0.717) is 6.54 Å². The van der Waals surface area contributed by atoms with Crippen LogP contribution in [0.5, 0.6) is 0 Å². The van der Waals surface area contributed by atoms with Crippen molar-refractivity contribution >= 4 is 17.2 Å². The molecule has 0 atom stereocenters. The lowest BCUT2D eigenvalue weighted by Crippen LogP contribution is -2.23. The summed E-state index contributed by atoms with van der Waals surface area (Å²) in [4.78, 5) is 13.5. The molecule has 0 aliphatic carbocycles. The van der Waals surface area contributed by atoms with Crippen molar-refractivity contribution in [3.63, 3.8) is 0 Å². The van der Waals surface area contributed by atoms with Crippen LogP contribution in [-0.2, 0) is 0 Å². The van der Waals surface area contributed by atoms with Crippen molar-refractivity contribution in [1.82, 2.24) is 5.32 Å². The van der Waals surface area contributed by atoms with E-state index in [0.717, 1.165) is 29.0 Å². The Balaban J connectivity index is 2.23. The number of unbranched alkanes of at least 4 members (excludes halogenated alkanes) is 2. The van der Waals surface area contributed by atoms with E-state index in [4.69, 9.17) is 6.42 Å². The zero-order valence-corrected chi connectivity index (χ0v) is 9.69. The number of terminal acetylenes is 1. The number of carbonyl (C=O) groups is 1. The van der Waals surface area contributed by atoms with Gasteiger partial charge in [-0.3, -0.25) is 4.79 Å². The lowest BCUT2D eigenvalue weighted by atomic mass is 10.2. The summed E-state index contributed by atoms with van der Waals surface area (Å²) in [5, 5.41) is 2.87. The predicted octanol–water partition coefficient (Wildman–Crippen LogP) is 2.59. The smallest absolute Gasteiger partial charge is 0.261 e. The zero-order chi connectivity index (χ0) is 11.1. The van der Waals surface area contributed by atoms with Gasteiger partial charge in [0.15, 0.2) is 0 Å². The molecule has 1 aromatic heterocycles. The number of nitrogens with one attached hydrogen (secondary N) is 1. The van der Waals surface area contributed by atoms with Crippen LogP contribution in [0.15, 0.2) is 12.1 Å². The SMILES string of the molecule is C#CCCCCNC(=O)c1ccc(C)s1. The average molecular weight is 221 g/mol. The van der Waals surface area contributed by atoms with Crippen LogP contribution in [0.2, 0.25) is 0 Å². The summed E-state index contributed by atoms with van der Waals surface area (Å²) in [5.41, 5.74) is 0. The molecule has 0 unspecified atom stereocenters. The van der Waals surface area contributed by atoms with E-state index in [2.05, 4.69) is 11.2 Å². The molecule has 15 heavy (non-hydrogen) atoms. The molecular formula is C12H15NOS. The molecule has 0 saturated carbocycles. The number of aryl methyl sites for hydroxylation is 1. The normalized spacial score (nSPS) is 9.60. The first kappa shape index (κ1) is 11.8. The van der Waals surface area contributed by atoms with Crippen molar-refractivity contribution in [2.45, 2.75) is 26.2 Å². The van der Waals surface area contributed by atoms with E-state index in [1.807, 2.05) is 19.1 Å². The minimum atomic E-state index is 0.0220. The maximum atomic E-state index is 11.5. The minimum Gasteiger partial charge on any atom is -0.351 e. The predicted molar refractivity (Wildman–Crippen MR) is 64.1 cm³/mol. The van der Waals surface area contributed by atoms with E-state index in [1.165, 1.54) is 11.3 Å². The molecule has 0 fully saturated rings. The van der Waals surface area contributed by atoms with Crippen molar-refractivity contribution in [3.05, 3.63) is 21.9 Å². The first-order valence-corrected chi connectivity index (χ1v) is 5.84. The van der Waals surface area contributed by atoms with Crippen LogP contribution >= 0.6 is 11.3 Å². The summed E-state index contributed by atoms with van der Waals surface area (Å²) in [6.45, 7) is 2.70. The monoisotopic (exact) mass is 221 g/mol. The molecule has 1 N–H and O–H groups in total. The first-order chi connectivity index (χ1) is 7.24. The van der Waals surface area contributed by atoms with Crippen LogP contribution in [0.4, 0.5) is 0 Å². The summed E-state index contributed by atoms with van der Waals surface area (Å²) in [6, 6.07) is 3.81. The van der Waals surface area contributed by atoms with E-state index < -0.39 is 0 Å². The Labute approximate surface area is 94.7 Å². The van der Waals surface area contributed by atoms with Gasteiger partial charge in [0.2, 0.25) is 0 Å². The van der Waals surface area contributed by atoms with Crippen molar-refractivity contribution < 1.29 is 4.79 Å². The van der Waals surface area contributed by atoms with Gasteiger partial charge in [0, 0.05) is 17.8 Å². The van der Waals surface area contributed by atoms with Crippen LogP contribution < -0.4 is 5.32 Å². The van der Waals surface area contributed by atoms with Crippen molar-refractivity contribution in [1.29, 1.82) is 0 Å². The lowest BCUT2D eigenvalue weighted by molar-refractivity contribution is 0.0957. The van der Waals surface area contributed by atoms with Crippen molar-refractivity contribution in [2.24, 2.45) is 0 Å². The van der Waals surface area contributed by atoms with Crippen LogP contribution in [-0.4, -0.2) is 12.5 Å². The highest BCUT2D eigenvalue weighted by atomic mass is 32.1. The molecule has 0 radical (unpaired) electrons. The summed E-state index contributed by atoms with van der Waals surface area (Å²) < 4.78 is 0. The van der Waals surface area contributed by atoms with E-state index in [9.17, 15) is 4.79 Å². The van der Waals surface area contributed by atoms with Gasteiger partial charge in [-0.05, 0) is 31.9 Å². The second-order valence-corrected chi connectivity index (χ2v) is 4.62. The molecule has 0 saturated heterocycles. The number of amides is 1. The van der Waals surface area contributed by atoms with Crippen LogP contribution in [0.3, 0.4) is 0 Å². The third-order valence-electron chi connectivity index (χ3n) is 2.00. The molecule has 1 heterocycles. The van der Waals surface area contributed by atoms with E-state index in [1.54, 1.807) is 0 Å². The maximum absolute atomic E-state index is 11.5. The minimum absolute atomic E-state index is 0.0220. The standard InChI is InChI=1S/C12H15NOS/c1-3-4-5-6-9-13-12(14)11-8-7-10(2)15-11/h1,7-8H,4-6,9H2,2H3,(H,13,14). The molecular weight excluding hydrogens is 206 g/mol. The summed E-state index contributed by atoms with van der Waals surface area (Å²) >= 11 is 1.52. The molecule has 0 bridgehead atoms. The Bertz CT molecular complexity index is 362. The molecule has 0 aliphatic heterocycles.